The number of aliphatic carboxylic acids is 1. The van der Waals surface area contributed by atoms with Crippen molar-refractivity contribution >= 4 is 29.5 Å². The van der Waals surface area contributed by atoms with E-state index < -0.39 is 48.1 Å². The van der Waals surface area contributed by atoms with Crippen LogP contribution in [0.5, 0.6) is 0 Å². The molecular weight excluding hydrogens is 326 g/mol. The highest BCUT2D eigenvalue weighted by molar-refractivity contribution is 7.98. The summed E-state index contributed by atoms with van der Waals surface area (Å²) in [5.41, 5.74) is 5.50. The van der Waals surface area contributed by atoms with Crippen LogP contribution in [0.15, 0.2) is 0 Å². The highest BCUT2D eigenvalue weighted by atomic mass is 32.2. The number of hydrogen-bond acceptors (Lipinski definition) is 7. The monoisotopic (exact) mass is 351 g/mol. The van der Waals surface area contributed by atoms with Gasteiger partial charge in [0.05, 0.1) is 12.2 Å². The van der Waals surface area contributed by atoms with E-state index in [9.17, 15) is 24.6 Å². The minimum atomic E-state index is -1.48. The van der Waals surface area contributed by atoms with Gasteiger partial charge in [0.1, 0.15) is 12.1 Å². The maximum atomic E-state index is 12.2. The molecule has 0 bridgehead atoms. The van der Waals surface area contributed by atoms with Gasteiger partial charge in [0.2, 0.25) is 11.8 Å². The van der Waals surface area contributed by atoms with Crippen molar-refractivity contribution in [2.45, 2.75) is 50.6 Å². The third kappa shape index (κ3) is 7.64. The van der Waals surface area contributed by atoms with E-state index in [1.165, 1.54) is 25.6 Å². The van der Waals surface area contributed by atoms with E-state index in [1.807, 2.05) is 6.26 Å². The Bertz CT molecular complexity index is 419. The first kappa shape index (κ1) is 21.6. The van der Waals surface area contributed by atoms with Crippen LogP contribution in [0.4, 0.5) is 0 Å². The number of aliphatic hydroxyl groups excluding tert-OH is 2. The molecule has 23 heavy (non-hydrogen) atoms. The van der Waals surface area contributed by atoms with Crippen LogP contribution in [0.2, 0.25) is 0 Å². The van der Waals surface area contributed by atoms with E-state index in [0.29, 0.717) is 5.75 Å². The Labute approximate surface area is 139 Å². The zero-order valence-corrected chi connectivity index (χ0v) is 14.2. The van der Waals surface area contributed by atoms with Gasteiger partial charge in [-0.1, -0.05) is 0 Å². The first-order valence-electron chi connectivity index (χ1n) is 7.06. The zero-order valence-electron chi connectivity index (χ0n) is 13.4. The zero-order chi connectivity index (χ0) is 18.2. The summed E-state index contributed by atoms with van der Waals surface area (Å²) in [5.74, 6) is -2.30. The first-order valence-corrected chi connectivity index (χ1v) is 8.45. The number of nitrogens with one attached hydrogen (secondary N) is 2. The van der Waals surface area contributed by atoms with Crippen LogP contribution in [0.1, 0.15) is 20.3 Å². The van der Waals surface area contributed by atoms with E-state index >= 15 is 0 Å². The number of thioether (sulfide) groups is 1. The molecule has 0 aromatic rings. The molecule has 0 heterocycles. The molecule has 5 unspecified atom stereocenters. The summed E-state index contributed by atoms with van der Waals surface area (Å²) in [5, 5.41) is 32.2. The van der Waals surface area contributed by atoms with Gasteiger partial charge in [-0.05, 0) is 32.3 Å². The van der Waals surface area contributed by atoms with Crippen LogP contribution < -0.4 is 16.4 Å². The van der Waals surface area contributed by atoms with E-state index in [4.69, 9.17) is 10.8 Å². The number of nitrogens with two attached hydrogens (primary N) is 1. The molecular formula is C13H25N3O6S. The summed E-state index contributed by atoms with van der Waals surface area (Å²) in [6.07, 6.45) is -0.331. The normalized spacial score (nSPS) is 17.5. The second-order valence-electron chi connectivity index (χ2n) is 5.17. The number of carbonyl (C=O) groups excluding carboxylic acids is 2. The molecule has 0 aromatic heterocycles. The van der Waals surface area contributed by atoms with Crippen LogP contribution in [0, 0.1) is 0 Å². The van der Waals surface area contributed by atoms with Crippen molar-refractivity contribution in [2.75, 3.05) is 12.0 Å². The highest BCUT2D eigenvalue weighted by Gasteiger charge is 2.30. The number of carbonyl (C=O) groups is 3. The van der Waals surface area contributed by atoms with Gasteiger partial charge in [-0.2, -0.15) is 11.8 Å². The Morgan fingerprint density at radius 1 is 1.09 bits per heavy atom. The summed E-state index contributed by atoms with van der Waals surface area (Å²) >= 11 is 1.44. The summed E-state index contributed by atoms with van der Waals surface area (Å²) in [7, 11) is 0. The first-order chi connectivity index (χ1) is 10.6. The number of hydrogen-bond donors (Lipinski definition) is 6. The van der Waals surface area contributed by atoms with Crippen LogP contribution in [0.25, 0.3) is 0 Å². The molecule has 0 saturated heterocycles. The van der Waals surface area contributed by atoms with Crippen LogP contribution in [-0.2, 0) is 14.4 Å². The molecule has 0 aliphatic rings. The predicted octanol–water partition coefficient (Wildman–Crippen LogP) is -2.12. The van der Waals surface area contributed by atoms with Crippen molar-refractivity contribution in [1.29, 1.82) is 0 Å². The summed E-state index contributed by atoms with van der Waals surface area (Å²) in [6.45, 7) is 2.58. The molecule has 0 radical (unpaired) electrons. The highest BCUT2D eigenvalue weighted by Crippen LogP contribution is 2.04. The van der Waals surface area contributed by atoms with Crippen molar-refractivity contribution < 1.29 is 29.7 Å². The maximum absolute atomic E-state index is 12.2. The van der Waals surface area contributed by atoms with Gasteiger partial charge in [0.25, 0.3) is 0 Å². The minimum absolute atomic E-state index is 0.247. The second kappa shape index (κ2) is 10.4. The Morgan fingerprint density at radius 2 is 1.65 bits per heavy atom. The van der Waals surface area contributed by atoms with Crippen molar-refractivity contribution in [3.8, 4) is 0 Å². The average Bonchev–Trinajstić information content (AvgIpc) is 2.46. The fraction of sp³-hybridized carbons (Fsp3) is 0.769. The van der Waals surface area contributed by atoms with E-state index in [2.05, 4.69) is 10.6 Å². The van der Waals surface area contributed by atoms with Gasteiger partial charge >= 0.3 is 5.97 Å². The second-order valence-corrected chi connectivity index (χ2v) is 6.16. The lowest BCUT2D eigenvalue weighted by Crippen LogP contribution is -2.57. The van der Waals surface area contributed by atoms with Crippen molar-refractivity contribution in [3.05, 3.63) is 0 Å². The third-order valence-corrected chi connectivity index (χ3v) is 3.76. The van der Waals surface area contributed by atoms with E-state index in [0.717, 1.165) is 0 Å². The fourth-order valence-corrected chi connectivity index (χ4v) is 2.11. The molecule has 134 valence electrons. The molecule has 0 aromatic carbocycles. The SMILES string of the molecule is CSCCC(NC(=O)C(N)C(C)O)C(=O)NC(C(=O)O)C(C)O. The number of carboxylic acid groups (broad SMARTS) is 1. The van der Waals surface area contributed by atoms with E-state index in [-0.39, 0.29) is 6.42 Å². The standard InChI is InChI=1S/C13H25N3O6S/c1-6(17)9(14)12(20)15-8(4-5-23-3)11(19)16-10(7(2)18)13(21)22/h6-10,17-18H,4-5,14H2,1-3H3,(H,15,20)(H,16,19)(H,21,22). The molecule has 2 amide bonds. The Kier molecular flexibility index (Phi) is 9.80. The molecule has 9 nitrogen and oxygen atoms in total. The summed E-state index contributed by atoms with van der Waals surface area (Å²) < 4.78 is 0. The van der Waals surface area contributed by atoms with E-state index in [1.54, 1.807) is 0 Å². The van der Waals surface area contributed by atoms with Gasteiger partial charge in [0.15, 0.2) is 6.04 Å². The van der Waals surface area contributed by atoms with Crippen LogP contribution >= 0.6 is 11.8 Å². The molecule has 0 fully saturated rings. The molecule has 0 saturated carbocycles. The lowest BCUT2D eigenvalue weighted by Gasteiger charge is -2.24. The molecule has 10 heteroatoms. The fourth-order valence-electron chi connectivity index (χ4n) is 1.63. The van der Waals surface area contributed by atoms with Crippen molar-refractivity contribution in [1.82, 2.24) is 10.6 Å². The van der Waals surface area contributed by atoms with Crippen LogP contribution in [0.3, 0.4) is 0 Å². The largest absolute Gasteiger partial charge is 0.480 e. The number of rotatable bonds is 10. The number of amides is 2. The van der Waals surface area contributed by atoms with Gasteiger partial charge in [-0.25, -0.2) is 4.79 Å². The van der Waals surface area contributed by atoms with Gasteiger partial charge in [-0.3, -0.25) is 9.59 Å². The molecule has 0 rings (SSSR count). The topological polar surface area (TPSA) is 162 Å². The van der Waals surface area contributed by atoms with Gasteiger partial charge < -0.3 is 31.7 Å². The summed E-state index contributed by atoms with van der Waals surface area (Å²) in [6, 6.07) is -3.70. The molecule has 0 aliphatic carbocycles. The average molecular weight is 351 g/mol. The third-order valence-electron chi connectivity index (χ3n) is 3.11. The molecule has 5 atom stereocenters. The lowest BCUT2D eigenvalue weighted by molar-refractivity contribution is -0.145. The van der Waals surface area contributed by atoms with Crippen molar-refractivity contribution in [2.24, 2.45) is 5.73 Å². The van der Waals surface area contributed by atoms with Gasteiger partial charge in [0, 0.05) is 0 Å². The summed E-state index contributed by atoms with van der Waals surface area (Å²) in [4.78, 5) is 35.1. The Balaban J connectivity index is 4.97. The molecule has 0 aliphatic heterocycles. The number of aliphatic hydroxyl groups is 2. The molecule has 0 spiro atoms. The Morgan fingerprint density at radius 3 is 2.04 bits per heavy atom. The maximum Gasteiger partial charge on any atom is 0.328 e. The number of carboxylic acids is 1. The van der Waals surface area contributed by atoms with Crippen LogP contribution in [-0.4, -0.2) is 75.4 Å². The molecule has 7 N–H and O–H groups in total. The minimum Gasteiger partial charge on any atom is -0.480 e. The smallest absolute Gasteiger partial charge is 0.328 e. The lowest BCUT2D eigenvalue weighted by atomic mass is 10.1. The quantitative estimate of drug-likeness (QED) is 0.260. The van der Waals surface area contributed by atoms with Crippen molar-refractivity contribution in [3.63, 3.8) is 0 Å². The predicted molar refractivity (Wildman–Crippen MR) is 85.8 cm³/mol. The van der Waals surface area contributed by atoms with Gasteiger partial charge in [-0.15, -0.1) is 0 Å². The Hall–Kier alpha value is -1.36.